The summed E-state index contributed by atoms with van der Waals surface area (Å²) in [5, 5.41) is 3.29. The van der Waals surface area contributed by atoms with Crippen LogP contribution in [0, 0.1) is 11.8 Å². The number of amides is 1. The predicted molar refractivity (Wildman–Crippen MR) is 91.1 cm³/mol. The van der Waals surface area contributed by atoms with Crippen LogP contribution in [0.3, 0.4) is 0 Å². The Hall–Kier alpha value is -0.650. The molecule has 3 unspecified atom stereocenters. The molecule has 5 heteroatoms. The Balaban J connectivity index is 1.42. The maximum absolute atomic E-state index is 12.6. The first kappa shape index (κ1) is 17.2. The Morgan fingerprint density at radius 2 is 2.04 bits per heavy atom. The lowest BCUT2D eigenvalue weighted by Crippen LogP contribution is -2.55. The maximum Gasteiger partial charge on any atom is 0.225 e. The number of rotatable bonds is 4. The zero-order chi connectivity index (χ0) is 16.3. The zero-order valence-corrected chi connectivity index (χ0v) is 14.6. The number of ether oxygens (including phenoxy) is 1. The van der Waals surface area contributed by atoms with Crippen LogP contribution >= 0.6 is 0 Å². The molecule has 3 fully saturated rings. The molecule has 3 aliphatic rings. The summed E-state index contributed by atoms with van der Waals surface area (Å²) in [4.78, 5) is 15.2. The molecule has 0 spiro atoms. The molecule has 2 saturated heterocycles. The fourth-order valence-electron chi connectivity index (χ4n) is 4.44. The lowest BCUT2D eigenvalue weighted by atomic mass is 9.74. The molecule has 0 aromatic carbocycles. The van der Waals surface area contributed by atoms with Crippen molar-refractivity contribution in [1.29, 1.82) is 0 Å². The highest BCUT2D eigenvalue weighted by Crippen LogP contribution is 2.32. The highest BCUT2D eigenvalue weighted by atomic mass is 16.5. The second-order valence-electron chi connectivity index (χ2n) is 8.12. The van der Waals surface area contributed by atoms with Gasteiger partial charge in [0.1, 0.15) is 0 Å². The molecule has 2 aliphatic heterocycles. The molecule has 1 saturated carbocycles. The molecule has 0 aromatic rings. The van der Waals surface area contributed by atoms with Crippen LogP contribution in [0.5, 0.6) is 0 Å². The first-order chi connectivity index (χ1) is 11.0. The number of nitrogens with one attached hydrogen (secondary N) is 1. The fraction of sp³-hybridized carbons (Fsp3) is 0.944. The Kier molecular flexibility index (Phi) is 5.60. The van der Waals surface area contributed by atoms with E-state index in [4.69, 9.17) is 10.5 Å². The van der Waals surface area contributed by atoms with Crippen molar-refractivity contribution < 1.29 is 9.53 Å². The summed E-state index contributed by atoms with van der Waals surface area (Å²) < 4.78 is 5.46. The van der Waals surface area contributed by atoms with Crippen molar-refractivity contribution in [1.82, 2.24) is 10.2 Å². The fourth-order valence-corrected chi connectivity index (χ4v) is 4.44. The van der Waals surface area contributed by atoms with Gasteiger partial charge in [0.2, 0.25) is 5.91 Å². The standard InChI is InChI=1S/C18H33N3O2/c1-18(19)8-3-2-4-16(18)17(22)20-15-5-9-21(10-6-15)12-14-7-11-23-13-14/h14-16H,2-13,19H2,1H3,(H,20,22). The van der Waals surface area contributed by atoms with Crippen LogP contribution in [-0.2, 0) is 9.53 Å². The Morgan fingerprint density at radius 1 is 1.26 bits per heavy atom. The van der Waals surface area contributed by atoms with Crippen LogP contribution in [0.4, 0.5) is 0 Å². The molecular weight excluding hydrogens is 290 g/mol. The van der Waals surface area contributed by atoms with E-state index in [0.717, 1.165) is 71.4 Å². The number of nitrogens with zero attached hydrogens (tertiary/aromatic N) is 1. The van der Waals surface area contributed by atoms with Gasteiger partial charge in [-0.15, -0.1) is 0 Å². The third-order valence-electron chi connectivity index (χ3n) is 6.05. The quantitative estimate of drug-likeness (QED) is 0.823. The summed E-state index contributed by atoms with van der Waals surface area (Å²) in [6.07, 6.45) is 7.52. The summed E-state index contributed by atoms with van der Waals surface area (Å²) in [6, 6.07) is 0.330. The highest BCUT2D eigenvalue weighted by Gasteiger charge is 2.38. The topological polar surface area (TPSA) is 67.6 Å². The highest BCUT2D eigenvalue weighted by molar-refractivity contribution is 5.80. The van der Waals surface area contributed by atoms with E-state index >= 15 is 0 Å². The van der Waals surface area contributed by atoms with Crippen LogP contribution in [0.1, 0.15) is 51.9 Å². The average Bonchev–Trinajstić information content (AvgIpc) is 3.01. The van der Waals surface area contributed by atoms with Gasteiger partial charge in [-0.05, 0) is 44.9 Å². The van der Waals surface area contributed by atoms with E-state index in [1.54, 1.807) is 0 Å². The number of nitrogens with two attached hydrogens (primary N) is 1. The molecule has 0 bridgehead atoms. The van der Waals surface area contributed by atoms with E-state index in [9.17, 15) is 4.79 Å². The SMILES string of the molecule is CC1(N)CCCCC1C(=O)NC1CCN(CC2CCOC2)CC1. The molecule has 1 aliphatic carbocycles. The number of likely N-dealkylation sites (tertiary alicyclic amines) is 1. The van der Waals surface area contributed by atoms with Crippen LogP contribution in [-0.4, -0.2) is 55.2 Å². The van der Waals surface area contributed by atoms with Crippen molar-refractivity contribution in [2.24, 2.45) is 17.6 Å². The summed E-state index contributed by atoms with van der Waals surface area (Å²) in [5.41, 5.74) is 6.03. The van der Waals surface area contributed by atoms with E-state index in [-0.39, 0.29) is 17.4 Å². The molecule has 23 heavy (non-hydrogen) atoms. The monoisotopic (exact) mass is 323 g/mol. The van der Waals surface area contributed by atoms with Gasteiger partial charge in [-0.3, -0.25) is 4.79 Å². The number of piperidine rings is 1. The Labute approximate surface area is 140 Å². The molecular formula is C18H33N3O2. The molecule has 3 N–H and O–H groups in total. The van der Waals surface area contributed by atoms with Crippen molar-refractivity contribution in [3.63, 3.8) is 0 Å². The maximum atomic E-state index is 12.6. The average molecular weight is 323 g/mol. The second kappa shape index (κ2) is 7.49. The first-order valence-electron chi connectivity index (χ1n) is 9.44. The molecule has 0 radical (unpaired) electrons. The number of carbonyl (C=O) groups excluding carboxylic acids is 1. The van der Waals surface area contributed by atoms with Gasteiger partial charge in [-0.25, -0.2) is 0 Å². The number of hydrogen-bond donors (Lipinski definition) is 2. The lowest BCUT2D eigenvalue weighted by Gasteiger charge is -2.39. The minimum Gasteiger partial charge on any atom is -0.381 e. The largest absolute Gasteiger partial charge is 0.381 e. The second-order valence-corrected chi connectivity index (χ2v) is 8.12. The smallest absolute Gasteiger partial charge is 0.225 e. The van der Waals surface area contributed by atoms with E-state index in [2.05, 4.69) is 10.2 Å². The van der Waals surface area contributed by atoms with Crippen molar-refractivity contribution in [3.05, 3.63) is 0 Å². The predicted octanol–water partition coefficient (Wildman–Crippen LogP) is 1.51. The molecule has 5 nitrogen and oxygen atoms in total. The minimum atomic E-state index is -0.328. The van der Waals surface area contributed by atoms with Gasteiger partial charge in [0.15, 0.2) is 0 Å². The van der Waals surface area contributed by atoms with Crippen LogP contribution in [0.2, 0.25) is 0 Å². The normalized spacial score (nSPS) is 37.0. The summed E-state index contributed by atoms with van der Waals surface area (Å²) in [7, 11) is 0. The number of hydrogen-bond acceptors (Lipinski definition) is 4. The van der Waals surface area contributed by atoms with Gasteiger partial charge in [0, 0.05) is 37.8 Å². The van der Waals surface area contributed by atoms with Gasteiger partial charge in [-0.2, -0.15) is 0 Å². The van der Waals surface area contributed by atoms with Gasteiger partial charge >= 0.3 is 0 Å². The summed E-state index contributed by atoms with van der Waals surface area (Å²) >= 11 is 0. The van der Waals surface area contributed by atoms with Crippen molar-refractivity contribution in [3.8, 4) is 0 Å². The van der Waals surface area contributed by atoms with Gasteiger partial charge in [0.05, 0.1) is 12.5 Å². The van der Waals surface area contributed by atoms with Crippen molar-refractivity contribution in [2.75, 3.05) is 32.8 Å². The van der Waals surface area contributed by atoms with E-state index in [1.165, 1.54) is 6.42 Å². The molecule has 132 valence electrons. The molecule has 3 rings (SSSR count). The zero-order valence-electron chi connectivity index (χ0n) is 14.6. The van der Waals surface area contributed by atoms with Crippen LogP contribution < -0.4 is 11.1 Å². The minimum absolute atomic E-state index is 0.00934. The molecule has 0 aromatic heterocycles. The van der Waals surface area contributed by atoms with Gasteiger partial charge in [0.25, 0.3) is 0 Å². The van der Waals surface area contributed by atoms with Crippen molar-refractivity contribution >= 4 is 5.91 Å². The Morgan fingerprint density at radius 3 is 2.70 bits per heavy atom. The van der Waals surface area contributed by atoms with Gasteiger partial charge < -0.3 is 20.7 Å². The third-order valence-corrected chi connectivity index (χ3v) is 6.05. The molecule has 3 atom stereocenters. The molecule has 1 amide bonds. The summed E-state index contributed by atoms with van der Waals surface area (Å²) in [6.45, 7) is 7.23. The third kappa shape index (κ3) is 4.46. The first-order valence-corrected chi connectivity index (χ1v) is 9.44. The summed E-state index contributed by atoms with van der Waals surface area (Å²) in [5.74, 6) is 0.892. The van der Waals surface area contributed by atoms with E-state index < -0.39 is 0 Å². The Bertz CT molecular complexity index is 399. The van der Waals surface area contributed by atoms with Crippen LogP contribution in [0.15, 0.2) is 0 Å². The van der Waals surface area contributed by atoms with Crippen LogP contribution in [0.25, 0.3) is 0 Å². The van der Waals surface area contributed by atoms with Gasteiger partial charge in [-0.1, -0.05) is 12.8 Å². The lowest BCUT2D eigenvalue weighted by molar-refractivity contribution is -0.129. The van der Waals surface area contributed by atoms with E-state index in [0.29, 0.717) is 12.0 Å². The molecule has 2 heterocycles. The van der Waals surface area contributed by atoms with E-state index in [1.807, 2.05) is 6.92 Å². The van der Waals surface area contributed by atoms with Crippen molar-refractivity contribution in [2.45, 2.75) is 63.5 Å². The number of carbonyl (C=O) groups is 1.